The van der Waals surface area contributed by atoms with Crippen LogP contribution in [-0.4, -0.2) is 27.7 Å². The number of nitrogens with zero attached hydrogens (tertiary/aromatic N) is 3. The van der Waals surface area contributed by atoms with Crippen molar-refractivity contribution in [3.05, 3.63) is 17.4 Å². The maximum atomic E-state index is 11.5. The smallest absolute Gasteiger partial charge is 0.233 e. The molecule has 1 aliphatic heterocycles. The van der Waals surface area contributed by atoms with E-state index in [4.69, 9.17) is 11.6 Å². The van der Waals surface area contributed by atoms with Gasteiger partial charge >= 0.3 is 0 Å². The fourth-order valence-corrected chi connectivity index (χ4v) is 1.79. The SMILES string of the molecule is O=C1CC(S)CN1c1nccc(Cl)n1. The Morgan fingerprint density at radius 1 is 1.64 bits per heavy atom. The molecule has 2 heterocycles. The molecule has 2 rings (SSSR count). The lowest BCUT2D eigenvalue weighted by Gasteiger charge is -2.12. The summed E-state index contributed by atoms with van der Waals surface area (Å²) in [5.41, 5.74) is 0. The lowest BCUT2D eigenvalue weighted by molar-refractivity contribution is -0.117. The molecule has 4 nitrogen and oxygen atoms in total. The molecule has 0 spiro atoms. The minimum absolute atomic E-state index is 0.00716. The fourth-order valence-electron chi connectivity index (χ4n) is 1.34. The highest BCUT2D eigenvalue weighted by Gasteiger charge is 2.29. The van der Waals surface area contributed by atoms with E-state index >= 15 is 0 Å². The van der Waals surface area contributed by atoms with Gasteiger partial charge in [0.15, 0.2) is 0 Å². The van der Waals surface area contributed by atoms with E-state index in [-0.39, 0.29) is 11.2 Å². The molecule has 74 valence electrons. The third-order valence-electron chi connectivity index (χ3n) is 1.95. The first-order chi connectivity index (χ1) is 6.66. The molecule has 1 aliphatic rings. The number of hydrogen-bond acceptors (Lipinski definition) is 4. The number of carbonyl (C=O) groups excluding carboxylic acids is 1. The topological polar surface area (TPSA) is 46.1 Å². The molecule has 0 N–H and O–H groups in total. The molecule has 1 aromatic heterocycles. The quantitative estimate of drug-likeness (QED) is 0.581. The van der Waals surface area contributed by atoms with Crippen LogP contribution in [0.1, 0.15) is 6.42 Å². The van der Waals surface area contributed by atoms with Crippen molar-refractivity contribution >= 4 is 36.1 Å². The highest BCUT2D eigenvalue weighted by molar-refractivity contribution is 7.81. The molecule has 0 saturated carbocycles. The molecule has 1 unspecified atom stereocenters. The molecule has 1 atom stereocenters. The average Bonchev–Trinajstić information content (AvgIpc) is 2.45. The number of hydrogen-bond donors (Lipinski definition) is 1. The van der Waals surface area contributed by atoms with Crippen LogP contribution in [0, 0.1) is 0 Å². The second-order valence-electron chi connectivity index (χ2n) is 3.04. The van der Waals surface area contributed by atoms with Crippen LogP contribution < -0.4 is 4.90 Å². The Labute approximate surface area is 91.7 Å². The van der Waals surface area contributed by atoms with Crippen molar-refractivity contribution in [2.45, 2.75) is 11.7 Å². The molecule has 1 amide bonds. The summed E-state index contributed by atoms with van der Waals surface area (Å²) in [5.74, 6) is 0.353. The van der Waals surface area contributed by atoms with Crippen LogP contribution in [0.25, 0.3) is 0 Å². The molecule has 14 heavy (non-hydrogen) atoms. The molecule has 0 bridgehead atoms. The van der Waals surface area contributed by atoms with E-state index in [1.165, 1.54) is 11.1 Å². The van der Waals surface area contributed by atoms with Crippen molar-refractivity contribution in [1.29, 1.82) is 0 Å². The predicted molar refractivity (Wildman–Crippen MR) is 56.8 cm³/mol. The van der Waals surface area contributed by atoms with E-state index in [1.54, 1.807) is 6.07 Å². The highest BCUT2D eigenvalue weighted by Crippen LogP contribution is 2.21. The molecular formula is C8H8ClN3OS. The predicted octanol–water partition coefficient (Wildman–Crippen LogP) is 1.17. The van der Waals surface area contributed by atoms with Crippen molar-refractivity contribution in [2.24, 2.45) is 0 Å². The maximum Gasteiger partial charge on any atom is 0.233 e. The zero-order chi connectivity index (χ0) is 10.1. The summed E-state index contributed by atoms with van der Waals surface area (Å²) >= 11 is 9.94. The normalized spacial score (nSPS) is 21.7. The maximum absolute atomic E-state index is 11.5. The van der Waals surface area contributed by atoms with Gasteiger partial charge in [-0.3, -0.25) is 9.69 Å². The zero-order valence-electron chi connectivity index (χ0n) is 7.22. The summed E-state index contributed by atoms with van der Waals surface area (Å²) in [6.07, 6.45) is 1.96. The number of anilines is 1. The molecule has 1 fully saturated rings. The molecule has 0 aliphatic carbocycles. The van der Waals surface area contributed by atoms with Gasteiger partial charge in [-0.25, -0.2) is 9.97 Å². The average molecular weight is 230 g/mol. The fraction of sp³-hybridized carbons (Fsp3) is 0.375. The van der Waals surface area contributed by atoms with E-state index < -0.39 is 0 Å². The van der Waals surface area contributed by atoms with Crippen LogP contribution in [0.15, 0.2) is 12.3 Å². The Hall–Kier alpha value is -0.810. The van der Waals surface area contributed by atoms with E-state index in [1.807, 2.05) is 0 Å². The van der Waals surface area contributed by atoms with Gasteiger partial charge in [0.25, 0.3) is 0 Å². The number of halogens is 1. The monoisotopic (exact) mass is 229 g/mol. The van der Waals surface area contributed by atoms with E-state index in [9.17, 15) is 4.79 Å². The molecule has 0 aromatic carbocycles. The summed E-state index contributed by atoms with van der Waals surface area (Å²) in [5, 5.41) is 0.399. The third-order valence-corrected chi connectivity index (χ3v) is 2.51. The van der Waals surface area contributed by atoms with Crippen molar-refractivity contribution in [1.82, 2.24) is 9.97 Å². The van der Waals surface area contributed by atoms with Crippen LogP contribution in [0.5, 0.6) is 0 Å². The Kier molecular flexibility index (Phi) is 2.60. The number of amides is 1. The summed E-state index contributed by atoms with van der Waals surface area (Å²) in [4.78, 5) is 20.9. The van der Waals surface area contributed by atoms with Crippen LogP contribution in [-0.2, 0) is 4.79 Å². The van der Waals surface area contributed by atoms with Gasteiger partial charge in [-0.05, 0) is 6.07 Å². The van der Waals surface area contributed by atoms with Gasteiger partial charge in [-0.15, -0.1) is 0 Å². The second kappa shape index (κ2) is 3.74. The third kappa shape index (κ3) is 1.83. The van der Waals surface area contributed by atoms with Crippen molar-refractivity contribution in [3.63, 3.8) is 0 Å². The minimum Gasteiger partial charge on any atom is -0.280 e. The standard InChI is InChI=1S/C8H8ClN3OS/c9-6-1-2-10-8(11-6)12-4-5(14)3-7(12)13/h1-2,5,14H,3-4H2. The Morgan fingerprint density at radius 2 is 2.43 bits per heavy atom. The number of thiol groups is 1. The van der Waals surface area contributed by atoms with Gasteiger partial charge in [0.05, 0.1) is 0 Å². The van der Waals surface area contributed by atoms with Crippen molar-refractivity contribution in [3.8, 4) is 0 Å². The van der Waals surface area contributed by atoms with Crippen LogP contribution in [0.3, 0.4) is 0 Å². The minimum atomic E-state index is -0.00716. The Bertz CT molecular complexity index is 373. The molecule has 1 aromatic rings. The van der Waals surface area contributed by atoms with E-state index in [0.717, 1.165) is 0 Å². The summed E-state index contributed by atoms with van der Waals surface area (Å²) in [6, 6.07) is 1.57. The van der Waals surface area contributed by atoms with Gasteiger partial charge in [-0.2, -0.15) is 12.6 Å². The van der Waals surface area contributed by atoms with Gasteiger partial charge in [0.2, 0.25) is 11.9 Å². The number of carbonyl (C=O) groups is 1. The van der Waals surface area contributed by atoms with Gasteiger partial charge in [0, 0.05) is 24.4 Å². The summed E-state index contributed by atoms with van der Waals surface area (Å²) in [7, 11) is 0. The van der Waals surface area contributed by atoms with E-state index in [2.05, 4.69) is 22.6 Å². The second-order valence-corrected chi connectivity index (χ2v) is 4.16. The molecule has 0 radical (unpaired) electrons. The van der Waals surface area contributed by atoms with Gasteiger partial charge < -0.3 is 0 Å². The van der Waals surface area contributed by atoms with Crippen LogP contribution in [0.2, 0.25) is 5.15 Å². The number of aromatic nitrogens is 2. The largest absolute Gasteiger partial charge is 0.280 e. The first-order valence-electron chi connectivity index (χ1n) is 4.14. The van der Waals surface area contributed by atoms with Crippen molar-refractivity contribution < 1.29 is 4.79 Å². The van der Waals surface area contributed by atoms with Crippen molar-refractivity contribution in [2.75, 3.05) is 11.4 Å². The highest BCUT2D eigenvalue weighted by atomic mass is 35.5. The first-order valence-corrected chi connectivity index (χ1v) is 5.03. The lowest BCUT2D eigenvalue weighted by Crippen LogP contribution is -2.26. The Morgan fingerprint density at radius 3 is 3.00 bits per heavy atom. The number of rotatable bonds is 1. The summed E-state index contributed by atoms with van der Waals surface area (Å²) in [6.45, 7) is 0.544. The lowest BCUT2D eigenvalue weighted by atomic mass is 10.4. The van der Waals surface area contributed by atoms with E-state index in [0.29, 0.717) is 24.1 Å². The van der Waals surface area contributed by atoms with Gasteiger partial charge in [-0.1, -0.05) is 11.6 Å². The summed E-state index contributed by atoms with van der Waals surface area (Å²) < 4.78 is 0. The van der Waals surface area contributed by atoms with Crippen LogP contribution >= 0.6 is 24.2 Å². The molecule has 6 heteroatoms. The first kappa shape index (κ1) is 9.73. The Balaban J connectivity index is 2.27. The van der Waals surface area contributed by atoms with Crippen LogP contribution in [0.4, 0.5) is 5.95 Å². The molecule has 1 saturated heterocycles. The van der Waals surface area contributed by atoms with Gasteiger partial charge in [0.1, 0.15) is 5.15 Å². The zero-order valence-corrected chi connectivity index (χ0v) is 8.87. The molecular weight excluding hydrogens is 222 g/mol.